The van der Waals surface area contributed by atoms with Crippen molar-refractivity contribution in [3.05, 3.63) is 64.2 Å². The van der Waals surface area contributed by atoms with Crippen LogP contribution in [0.25, 0.3) is 0 Å². The summed E-state index contributed by atoms with van der Waals surface area (Å²) >= 11 is 5.96. The molecule has 0 saturated carbocycles. The predicted molar refractivity (Wildman–Crippen MR) is 83.3 cm³/mol. The zero-order valence-corrected chi connectivity index (χ0v) is 12.3. The van der Waals surface area contributed by atoms with Crippen molar-refractivity contribution in [1.82, 2.24) is 5.32 Å². The van der Waals surface area contributed by atoms with Gasteiger partial charge in [0.15, 0.2) is 0 Å². The first kappa shape index (κ1) is 14.6. The lowest BCUT2D eigenvalue weighted by molar-refractivity contribution is 0.102. The van der Waals surface area contributed by atoms with E-state index in [-0.39, 0.29) is 5.91 Å². The maximum atomic E-state index is 12.2. The lowest BCUT2D eigenvalue weighted by atomic mass is 10.1. The summed E-state index contributed by atoms with van der Waals surface area (Å²) in [5, 5.41) is 6.64. The van der Waals surface area contributed by atoms with Crippen molar-refractivity contribution >= 4 is 23.2 Å². The molecule has 0 saturated heterocycles. The first-order chi connectivity index (χ1) is 9.60. The van der Waals surface area contributed by atoms with Crippen molar-refractivity contribution in [3.8, 4) is 0 Å². The van der Waals surface area contributed by atoms with Gasteiger partial charge in [-0.2, -0.15) is 0 Å². The third-order valence-electron chi connectivity index (χ3n) is 2.99. The van der Waals surface area contributed by atoms with Crippen molar-refractivity contribution in [3.63, 3.8) is 0 Å². The molecule has 20 heavy (non-hydrogen) atoms. The van der Waals surface area contributed by atoms with Crippen LogP contribution in [0, 0.1) is 6.92 Å². The molecule has 2 aromatic rings. The molecule has 0 heterocycles. The molecule has 0 radical (unpaired) electrons. The lowest BCUT2D eigenvalue weighted by Gasteiger charge is -2.08. The second kappa shape index (κ2) is 6.55. The first-order valence-corrected chi connectivity index (χ1v) is 6.79. The number of halogens is 1. The van der Waals surface area contributed by atoms with Gasteiger partial charge in [-0.3, -0.25) is 4.79 Å². The number of hydrogen-bond acceptors (Lipinski definition) is 2. The summed E-state index contributed by atoms with van der Waals surface area (Å²) in [6.07, 6.45) is 0. The van der Waals surface area contributed by atoms with Crippen LogP contribution in [0.15, 0.2) is 42.5 Å². The maximum Gasteiger partial charge on any atom is 0.255 e. The van der Waals surface area contributed by atoms with Crippen LogP contribution in [-0.2, 0) is 6.54 Å². The number of nitrogens with one attached hydrogen (secondary N) is 2. The third kappa shape index (κ3) is 3.59. The second-order valence-corrected chi connectivity index (χ2v) is 5.06. The van der Waals surface area contributed by atoms with Crippen molar-refractivity contribution in [2.75, 3.05) is 12.4 Å². The molecular weight excluding hydrogens is 272 g/mol. The fourth-order valence-electron chi connectivity index (χ4n) is 1.95. The lowest BCUT2D eigenvalue weighted by Crippen LogP contribution is -2.12. The fraction of sp³-hybridized carbons (Fsp3) is 0.188. The molecule has 0 fully saturated rings. The molecule has 0 atom stereocenters. The van der Waals surface area contributed by atoms with E-state index in [1.165, 1.54) is 0 Å². The van der Waals surface area contributed by atoms with Gasteiger partial charge in [0.25, 0.3) is 5.91 Å². The van der Waals surface area contributed by atoms with Crippen LogP contribution in [0.3, 0.4) is 0 Å². The topological polar surface area (TPSA) is 41.1 Å². The highest BCUT2D eigenvalue weighted by Gasteiger charge is 2.07. The minimum absolute atomic E-state index is 0.133. The van der Waals surface area contributed by atoms with Crippen LogP contribution < -0.4 is 10.6 Å². The summed E-state index contributed by atoms with van der Waals surface area (Å²) in [5.74, 6) is -0.133. The van der Waals surface area contributed by atoms with Crippen LogP contribution in [0.2, 0.25) is 5.02 Å². The van der Waals surface area contributed by atoms with Gasteiger partial charge >= 0.3 is 0 Å². The van der Waals surface area contributed by atoms with E-state index in [0.29, 0.717) is 10.6 Å². The van der Waals surface area contributed by atoms with E-state index in [0.717, 1.165) is 23.4 Å². The molecule has 3 nitrogen and oxygen atoms in total. The zero-order valence-electron chi connectivity index (χ0n) is 11.5. The molecule has 0 aliphatic heterocycles. The summed E-state index contributed by atoms with van der Waals surface area (Å²) in [7, 11) is 1.89. The maximum absolute atomic E-state index is 12.2. The quantitative estimate of drug-likeness (QED) is 0.902. The standard InChI is InChI=1S/C16H17ClN2O/c1-11-8-13(6-7-15(11)17)16(20)19-14-5-3-4-12(9-14)10-18-2/h3-9,18H,10H2,1-2H3,(H,19,20). The van der Waals surface area contributed by atoms with E-state index in [4.69, 9.17) is 11.6 Å². The van der Waals surface area contributed by atoms with Crippen LogP contribution in [-0.4, -0.2) is 13.0 Å². The molecular formula is C16H17ClN2O. The molecule has 1 amide bonds. The fourth-order valence-corrected chi connectivity index (χ4v) is 2.07. The average Bonchev–Trinajstić information content (AvgIpc) is 2.42. The number of rotatable bonds is 4. The molecule has 2 aromatic carbocycles. The Morgan fingerprint density at radius 2 is 2.00 bits per heavy atom. The number of benzene rings is 2. The van der Waals surface area contributed by atoms with Gasteiger partial charge < -0.3 is 10.6 Å². The van der Waals surface area contributed by atoms with Crippen molar-refractivity contribution in [1.29, 1.82) is 0 Å². The molecule has 104 valence electrons. The number of hydrogen-bond donors (Lipinski definition) is 2. The number of carbonyl (C=O) groups excluding carboxylic acids is 1. The Labute approximate surface area is 124 Å². The van der Waals surface area contributed by atoms with Crippen LogP contribution >= 0.6 is 11.6 Å². The average molecular weight is 289 g/mol. The van der Waals surface area contributed by atoms with Gasteiger partial charge in [-0.25, -0.2) is 0 Å². The molecule has 0 aromatic heterocycles. The number of anilines is 1. The van der Waals surface area contributed by atoms with Crippen LogP contribution in [0.1, 0.15) is 21.5 Å². The Morgan fingerprint density at radius 3 is 2.70 bits per heavy atom. The normalized spacial score (nSPS) is 10.3. The SMILES string of the molecule is CNCc1cccc(NC(=O)c2ccc(Cl)c(C)c2)c1. The molecule has 0 aliphatic rings. The molecule has 0 bridgehead atoms. The van der Waals surface area contributed by atoms with Crippen LogP contribution in [0.4, 0.5) is 5.69 Å². The van der Waals surface area contributed by atoms with Gasteiger partial charge in [0.1, 0.15) is 0 Å². The number of amides is 1. The smallest absolute Gasteiger partial charge is 0.255 e. The van der Waals surface area contributed by atoms with E-state index in [1.807, 2.05) is 38.2 Å². The Hall–Kier alpha value is -1.84. The summed E-state index contributed by atoms with van der Waals surface area (Å²) < 4.78 is 0. The molecule has 0 spiro atoms. The van der Waals surface area contributed by atoms with Gasteiger partial charge in [-0.15, -0.1) is 0 Å². The van der Waals surface area contributed by atoms with Crippen molar-refractivity contribution in [2.24, 2.45) is 0 Å². The Balaban J connectivity index is 2.14. The Kier molecular flexibility index (Phi) is 4.77. The van der Waals surface area contributed by atoms with E-state index in [1.54, 1.807) is 18.2 Å². The first-order valence-electron chi connectivity index (χ1n) is 6.41. The minimum atomic E-state index is -0.133. The van der Waals surface area contributed by atoms with E-state index >= 15 is 0 Å². The monoisotopic (exact) mass is 288 g/mol. The van der Waals surface area contributed by atoms with E-state index in [9.17, 15) is 4.79 Å². The molecule has 4 heteroatoms. The summed E-state index contributed by atoms with van der Waals surface area (Å²) in [6, 6.07) is 13.0. The summed E-state index contributed by atoms with van der Waals surface area (Å²) in [5.41, 5.74) is 3.40. The highest BCUT2D eigenvalue weighted by Crippen LogP contribution is 2.18. The van der Waals surface area contributed by atoms with Crippen LogP contribution in [0.5, 0.6) is 0 Å². The van der Waals surface area contributed by atoms with Gasteiger partial charge in [0.2, 0.25) is 0 Å². The zero-order chi connectivity index (χ0) is 14.5. The molecule has 2 rings (SSSR count). The molecule has 2 N–H and O–H groups in total. The third-order valence-corrected chi connectivity index (χ3v) is 3.41. The minimum Gasteiger partial charge on any atom is -0.322 e. The van der Waals surface area contributed by atoms with Crippen molar-refractivity contribution in [2.45, 2.75) is 13.5 Å². The highest BCUT2D eigenvalue weighted by atomic mass is 35.5. The summed E-state index contributed by atoms with van der Waals surface area (Å²) in [4.78, 5) is 12.2. The number of carbonyl (C=O) groups is 1. The van der Waals surface area contributed by atoms with Crippen molar-refractivity contribution < 1.29 is 4.79 Å². The van der Waals surface area contributed by atoms with Gasteiger partial charge in [0.05, 0.1) is 0 Å². The Morgan fingerprint density at radius 1 is 1.20 bits per heavy atom. The molecule has 0 aliphatic carbocycles. The van der Waals surface area contributed by atoms with Gasteiger partial charge in [-0.05, 0) is 55.4 Å². The predicted octanol–water partition coefficient (Wildman–Crippen LogP) is 3.62. The largest absolute Gasteiger partial charge is 0.322 e. The highest BCUT2D eigenvalue weighted by molar-refractivity contribution is 6.31. The summed E-state index contributed by atoms with van der Waals surface area (Å²) in [6.45, 7) is 2.65. The number of aryl methyl sites for hydroxylation is 1. The van der Waals surface area contributed by atoms with Gasteiger partial charge in [0, 0.05) is 22.8 Å². The van der Waals surface area contributed by atoms with Gasteiger partial charge in [-0.1, -0.05) is 23.7 Å². The molecule has 0 unspecified atom stereocenters. The Bertz CT molecular complexity index is 626. The van der Waals surface area contributed by atoms with E-state index < -0.39 is 0 Å². The van der Waals surface area contributed by atoms with E-state index in [2.05, 4.69) is 10.6 Å². The second-order valence-electron chi connectivity index (χ2n) is 4.65.